The normalized spacial score (nSPS) is 11.3. The topological polar surface area (TPSA) is 63.3 Å². The Morgan fingerprint density at radius 1 is 0.636 bits per heavy atom. The van der Waals surface area contributed by atoms with Crippen LogP contribution in [0.15, 0.2) is 103 Å². The zero-order valence-electron chi connectivity index (χ0n) is 25.3. The van der Waals surface area contributed by atoms with Crippen LogP contribution in [0.3, 0.4) is 0 Å². The second-order valence-corrected chi connectivity index (χ2v) is 10.9. The maximum atomic E-state index is 6.47. The highest BCUT2D eigenvalue weighted by Gasteiger charge is 2.25. The van der Waals surface area contributed by atoms with E-state index in [0.717, 1.165) is 55.7 Å². The third-order valence-corrected chi connectivity index (χ3v) is 8.00. The molecule has 4 aromatic carbocycles. The summed E-state index contributed by atoms with van der Waals surface area (Å²) in [5, 5.41) is 7.10. The zero-order valence-corrected chi connectivity index (χ0v) is 25.3. The van der Waals surface area contributed by atoms with Gasteiger partial charge in [0.1, 0.15) is 22.9 Å². The van der Waals surface area contributed by atoms with Crippen molar-refractivity contribution in [1.29, 1.82) is 0 Å². The largest absolute Gasteiger partial charge is 0.480 e. The van der Waals surface area contributed by atoms with Crippen LogP contribution in [0.1, 0.15) is 16.7 Å². The first-order valence-corrected chi connectivity index (χ1v) is 14.5. The van der Waals surface area contributed by atoms with E-state index >= 15 is 0 Å². The molecule has 0 unspecified atom stereocenters. The van der Waals surface area contributed by atoms with Gasteiger partial charge in [-0.25, -0.2) is 4.98 Å². The van der Waals surface area contributed by atoms with E-state index in [9.17, 15) is 0 Å². The van der Waals surface area contributed by atoms with E-state index in [0.29, 0.717) is 23.3 Å². The van der Waals surface area contributed by atoms with Crippen molar-refractivity contribution in [2.45, 2.75) is 20.8 Å². The van der Waals surface area contributed by atoms with E-state index < -0.39 is 0 Å². The van der Waals surface area contributed by atoms with Gasteiger partial charge in [-0.2, -0.15) is 4.68 Å². The van der Waals surface area contributed by atoms with Crippen molar-refractivity contribution in [1.82, 2.24) is 19.3 Å². The minimum atomic E-state index is 0.494. The van der Waals surface area contributed by atoms with Crippen molar-refractivity contribution in [3.63, 3.8) is 0 Å². The minimum Gasteiger partial charge on any atom is -0.480 e. The Bertz CT molecular complexity index is 2160. The predicted molar refractivity (Wildman–Crippen MR) is 175 cm³/mol. The fourth-order valence-corrected chi connectivity index (χ4v) is 6.03. The van der Waals surface area contributed by atoms with Gasteiger partial charge in [-0.3, -0.25) is 4.57 Å². The first-order valence-electron chi connectivity index (χ1n) is 14.5. The van der Waals surface area contributed by atoms with E-state index in [1.165, 1.54) is 5.39 Å². The Labute approximate surface area is 255 Å². The standard InChI is InChI=1S/C37H32N4O3/c1-23-18-19-38-33(20-23)40-31-15-7-6-14-29(31)30-17-16-28(22-32(30)40)44-27-13-9-12-26(21-27)41-37(43-5)35(36(39-41)42-4)34-24(2)10-8-11-25(34)3/h6-22H,1-5H3. The number of aromatic nitrogens is 4. The van der Waals surface area contributed by atoms with Gasteiger partial charge in [0.15, 0.2) is 0 Å². The third kappa shape index (κ3) is 4.54. The number of fused-ring (bicyclic) bond motifs is 3. The number of hydrogen-bond acceptors (Lipinski definition) is 5. The molecule has 0 aliphatic heterocycles. The summed E-state index contributed by atoms with van der Waals surface area (Å²) >= 11 is 0. The number of benzene rings is 4. The van der Waals surface area contributed by atoms with Crippen LogP contribution in [0, 0.1) is 20.8 Å². The fraction of sp³-hybridized carbons (Fsp3) is 0.135. The first kappa shape index (κ1) is 27.3. The van der Waals surface area contributed by atoms with E-state index in [1.54, 1.807) is 18.9 Å². The molecule has 0 aliphatic rings. The zero-order chi connectivity index (χ0) is 30.4. The van der Waals surface area contributed by atoms with Crippen LogP contribution in [-0.4, -0.2) is 33.6 Å². The fourth-order valence-electron chi connectivity index (χ4n) is 6.03. The van der Waals surface area contributed by atoms with Gasteiger partial charge in [0.25, 0.3) is 0 Å². The lowest BCUT2D eigenvalue weighted by Gasteiger charge is -2.13. The Hall–Kier alpha value is -5.56. The summed E-state index contributed by atoms with van der Waals surface area (Å²) in [6, 6.07) is 32.7. The van der Waals surface area contributed by atoms with Crippen LogP contribution in [0.4, 0.5) is 0 Å². The van der Waals surface area contributed by atoms with Gasteiger partial charge in [-0.1, -0.05) is 42.5 Å². The van der Waals surface area contributed by atoms with Gasteiger partial charge < -0.3 is 14.2 Å². The van der Waals surface area contributed by atoms with Gasteiger partial charge in [0, 0.05) is 29.1 Å². The average molecular weight is 581 g/mol. The Morgan fingerprint density at radius 2 is 1.39 bits per heavy atom. The first-order chi connectivity index (χ1) is 21.5. The van der Waals surface area contributed by atoms with E-state index in [4.69, 9.17) is 24.3 Å². The molecule has 3 aromatic heterocycles. The van der Waals surface area contributed by atoms with Crippen LogP contribution in [0.25, 0.3) is 44.4 Å². The highest BCUT2D eigenvalue weighted by atomic mass is 16.5. The quantitative estimate of drug-likeness (QED) is 0.189. The Morgan fingerprint density at radius 3 is 2.16 bits per heavy atom. The van der Waals surface area contributed by atoms with Crippen molar-refractivity contribution >= 4 is 21.8 Å². The summed E-state index contributed by atoms with van der Waals surface area (Å²) in [6.45, 7) is 6.24. The molecule has 7 nitrogen and oxygen atoms in total. The monoisotopic (exact) mass is 580 g/mol. The minimum absolute atomic E-state index is 0.494. The number of para-hydroxylation sites is 1. The number of ether oxygens (including phenoxy) is 3. The van der Waals surface area contributed by atoms with Crippen LogP contribution >= 0.6 is 0 Å². The SMILES string of the molecule is COc1nn(-c2cccc(Oc3ccc4c5ccccc5n(-c5cc(C)ccn5)c4c3)c2)c(OC)c1-c1c(C)cccc1C. The molecule has 0 amide bonds. The Balaban J connectivity index is 1.31. The summed E-state index contributed by atoms with van der Waals surface area (Å²) in [5.41, 5.74) is 8.16. The molecule has 0 bridgehead atoms. The molecular formula is C37H32N4O3. The molecule has 0 saturated heterocycles. The highest BCUT2D eigenvalue weighted by Crippen LogP contribution is 2.43. The molecule has 7 aromatic rings. The maximum Gasteiger partial charge on any atom is 0.245 e. The van der Waals surface area contributed by atoms with Crippen LogP contribution < -0.4 is 14.2 Å². The number of methoxy groups -OCH3 is 2. The lowest BCUT2D eigenvalue weighted by atomic mass is 9.97. The lowest BCUT2D eigenvalue weighted by Crippen LogP contribution is -2.01. The van der Waals surface area contributed by atoms with Crippen LogP contribution in [0.2, 0.25) is 0 Å². The molecule has 0 spiro atoms. The predicted octanol–water partition coefficient (Wildman–Crippen LogP) is 8.77. The van der Waals surface area contributed by atoms with Crippen molar-refractivity contribution in [2.24, 2.45) is 0 Å². The molecule has 44 heavy (non-hydrogen) atoms. The number of hydrogen-bond donors (Lipinski definition) is 0. The molecule has 0 N–H and O–H groups in total. The summed E-state index contributed by atoms with van der Waals surface area (Å²) in [5.74, 6) is 3.34. The lowest BCUT2D eigenvalue weighted by molar-refractivity contribution is 0.382. The van der Waals surface area contributed by atoms with Crippen molar-refractivity contribution in [3.8, 4) is 45.9 Å². The van der Waals surface area contributed by atoms with Crippen molar-refractivity contribution in [3.05, 3.63) is 120 Å². The van der Waals surface area contributed by atoms with Crippen LogP contribution in [-0.2, 0) is 0 Å². The molecule has 0 saturated carbocycles. The van der Waals surface area contributed by atoms with Gasteiger partial charge in [-0.15, -0.1) is 5.10 Å². The third-order valence-electron chi connectivity index (χ3n) is 8.00. The second-order valence-electron chi connectivity index (χ2n) is 10.9. The van der Waals surface area contributed by atoms with Crippen molar-refractivity contribution < 1.29 is 14.2 Å². The molecular weight excluding hydrogens is 548 g/mol. The van der Waals surface area contributed by atoms with Gasteiger partial charge in [0.2, 0.25) is 11.8 Å². The molecule has 0 atom stereocenters. The van der Waals surface area contributed by atoms with Crippen molar-refractivity contribution in [2.75, 3.05) is 14.2 Å². The average Bonchev–Trinajstić information content (AvgIpc) is 3.56. The molecule has 3 heterocycles. The smallest absolute Gasteiger partial charge is 0.245 e. The summed E-state index contributed by atoms with van der Waals surface area (Å²) in [7, 11) is 3.28. The molecule has 0 aliphatic carbocycles. The molecule has 7 rings (SSSR count). The number of nitrogens with zero attached hydrogens (tertiary/aromatic N) is 4. The maximum absolute atomic E-state index is 6.47. The molecule has 218 valence electrons. The summed E-state index contributed by atoms with van der Waals surface area (Å²) in [4.78, 5) is 4.70. The van der Waals surface area contributed by atoms with E-state index in [1.807, 2.05) is 48.7 Å². The van der Waals surface area contributed by atoms with E-state index in [2.05, 4.69) is 79.9 Å². The Kier molecular flexibility index (Phi) is 6.78. The van der Waals surface area contributed by atoms with Gasteiger partial charge >= 0.3 is 0 Å². The number of rotatable bonds is 7. The number of aryl methyl sites for hydroxylation is 3. The van der Waals surface area contributed by atoms with Gasteiger partial charge in [0.05, 0.1) is 30.9 Å². The highest BCUT2D eigenvalue weighted by molar-refractivity contribution is 6.09. The molecule has 7 heteroatoms. The summed E-state index contributed by atoms with van der Waals surface area (Å²) in [6.07, 6.45) is 1.85. The van der Waals surface area contributed by atoms with E-state index in [-0.39, 0.29) is 0 Å². The number of pyridine rings is 1. The molecule has 0 radical (unpaired) electrons. The summed E-state index contributed by atoms with van der Waals surface area (Å²) < 4.78 is 22.1. The van der Waals surface area contributed by atoms with Gasteiger partial charge in [-0.05, 0) is 85.5 Å². The molecule has 0 fully saturated rings. The second kappa shape index (κ2) is 10.9. The van der Waals surface area contributed by atoms with Crippen LogP contribution in [0.5, 0.6) is 23.3 Å².